The van der Waals surface area contributed by atoms with E-state index in [-0.39, 0.29) is 11.6 Å². The molecular weight excluding hydrogens is 323 g/mol. The largest absolute Gasteiger partial charge is 0.351 e. The molecule has 1 aliphatic carbocycles. The number of rotatable bonds is 4. The lowest BCUT2D eigenvalue weighted by molar-refractivity contribution is 0.102. The third-order valence-corrected chi connectivity index (χ3v) is 4.02. The monoisotopic (exact) mass is 336 g/mol. The maximum Gasteiger partial charge on any atom is 0.274 e. The van der Waals surface area contributed by atoms with Gasteiger partial charge in [0.05, 0.1) is 15.7 Å². The highest BCUT2D eigenvalue weighted by molar-refractivity contribution is 6.44. The minimum atomic E-state index is -0.353. The molecule has 0 saturated heterocycles. The summed E-state index contributed by atoms with van der Waals surface area (Å²) >= 11 is 12.0. The Bertz CT molecular complexity index is 731. The van der Waals surface area contributed by atoms with Crippen molar-refractivity contribution in [1.29, 1.82) is 0 Å². The van der Waals surface area contributed by atoms with Crippen LogP contribution >= 0.6 is 23.2 Å². The summed E-state index contributed by atoms with van der Waals surface area (Å²) < 4.78 is 0. The highest BCUT2D eigenvalue weighted by Gasteiger charge is 2.22. The normalized spacial score (nSPS) is 13.8. The Balaban J connectivity index is 1.82. The fraction of sp³-hybridized carbons (Fsp3) is 0.267. The molecule has 22 heavy (non-hydrogen) atoms. The predicted octanol–water partition coefficient (Wildman–Crippen LogP) is 3.92. The number of aryl methyl sites for hydroxylation is 1. The zero-order valence-corrected chi connectivity index (χ0v) is 13.4. The number of amides is 1. The summed E-state index contributed by atoms with van der Waals surface area (Å²) in [6.07, 6.45) is 2.22. The number of nitrogens with zero attached hydrogens (tertiary/aromatic N) is 2. The molecule has 1 aromatic heterocycles. The van der Waals surface area contributed by atoms with Crippen molar-refractivity contribution in [1.82, 2.24) is 9.97 Å². The molecule has 0 bridgehead atoms. The summed E-state index contributed by atoms with van der Waals surface area (Å²) in [5, 5.41) is 6.59. The van der Waals surface area contributed by atoms with Crippen LogP contribution in [0.4, 0.5) is 11.6 Å². The Morgan fingerprint density at radius 2 is 2.05 bits per heavy atom. The topological polar surface area (TPSA) is 66.9 Å². The summed E-state index contributed by atoms with van der Waals surface area (Å²) in [5.41, 5.74) is 1.46. The van der Waals surface area contributed by atoms with Gasteiger partial charge in [0.1, 0.15) is 5.69 Å². The van der Waals surface area contributed by atoms with Crippen LogP contribution in [-0.4, -0.2) is 21.9 Å². The Morgan fingerprint density at radius 1 is 1.27 bits per heavy atom. The Hall–Kier alpha value is -1.85. The number of halogens is 2. The second-order valence-corrected chi connectivity index (χ2v) is 5.98. The first-order valence-electron chi connectivity index (χ1n) is 6.90. The number of carbonyl (C=O) groups is 1. The molecule has 5 nitrogen and oxygen atoms in total. The van der Waals surface area contributed by atoms with Gasteiger partial charge >= 0.3 is 0 Å². The molecule has 2 aromatic rings. The second-order valence-electron chi connectivity index (χ2n) is 5.19. The Morgan fingerprint density at radius 3 is 2.77 bits per heavy atom. The zero-order chi connectivity index (χ0) is 15.7. The summed E-state index contributed by atoms with van der Waals surface area (Å²) in [6, 6.07) is 7.11. The van der Waals surface area contributed by atoms with E-state index < -0.39 is 0 Å². The molecule has 0 atom stereocenters. The number of carbonyl (C=O) groups excluding carboxylic acids is 1. The summed E-state index contributed by atoms with van der Waals surface area (Å²) in [4.78, 5) is 20.9. The predicted molar refractivity (Wildman–Crippen MR) is 87.8 cm³/mol. The van der Waals surface area contributed by atoms with Gasteiger partial charge in [0.25, 0.3) is 5.91 Å². The van der Waals surface area contributed by atoms with Crippen molar-refractivity contribution >= 4 is 40.7 Å². The molecule has 1 aliphatic rings. The number of benzene rings is 1. The third kappa shape index (κ3) is 3.48. The molecule has 0 radical (unpaired) electrons. The molecule has 0 unspecified atom stereocenters. The summed E-state index contributed by atoms with van der Waals surface area (Å²) in [6.45, 7) is 1.82. The number of hydrogen-bond donors (Lipinski definition) is 2. The lowest BCUT2D eigenvalue weighted by Gasteiger charge is -2.10. The zero-order valence-electron chi connectivity index (χ0n) is 11.9. The molecule has 3 rings (SSSR count). The average molecular weight is 337 g/mol. The lowest BCUT2D eigenvalue weighted by atomic mass is 10.3. The molecule has 1 fully saturated rings. The van der Waals surface area contributed by atoms with Crippen LogP contribution in [0.3, 0.4) is 0 Å². The van der Waals surface area contributed by atoms with E-state index in [0.29, 0.717) is 27.7 Å². The van der Waals surface area contributed by atoms with Crippen LogP contribution in [0.15, 0.2) is 24.3 Å². The van der Waals surface area contributed by atoms with E-state index in [4.69, 9.17) is 23.2 Å². The molecule has 0 aliphatic heterocycles. The fourth-order valence-corrected chi connectivity index (χ4v) is 2.29. The minimum Gasteiger partial charge on any atom is -0.351 e. The Kier molecular flexibility index (Phi) is 4.18. The number of nitrogens with one attached hydrogen (secondary N) is 2. The van der Waals surface area contributed by atoms with Crippen LogP contribution in [0.1, 0.15) is 29.0 Å². The van der Waals surface area contributed by atoms with E-state index >= 15 is 0 Å². The first-order chi connectivity index (χ1) is 10.5. The van der Waals surface area contributed by atoms with Crippen molar-refractivity contribution in [2.45, 2.75) is 25.8 Å². The van der Waals surface area contributed by atoms with Crippen molar-refractivity contribution in [2.75, 3.05) is 10.6 Å². The van der Waals surface area contributed by atoms with Gasteiger partial charge in [-0.3, -0.25) is 4.79 Å². The van der Waals surface area contributed by atoms with Gasteiger partial charge in [0.2, 0.25) is 5.95 Å². The van der Waals surface area contributed by atoms with Crippen LogP contribution in [0, 0.1) is 6.92 Å². The van der Waals surface area contributed by atoms with Crippen LogP contribution in [-0.2, 0) is 0 Å². The van der Waals surface area contributed by atoms with Crippen LogP contribution in [0.2, 0.25) is 10.0 Å². The minimum absolute atomic E-state index is 0.284. The first kappa shape index (κ1) is 15.1. The Labute approximate surface area is 138 Å². The van der Waals surface area contributed by atoms with Crippen LogP contribution in [0.25, 0.3) is 0 Å². The molecule has 1 amide bonds. The van der Waals surface area contributed by atoms with Gasteiger partial charge < -0.3 is 10.6 Å². The smallest absolute Gasteiger partial charge is 0.274 e. The standard InChI is InChI=1S/C15H14Cl2N4O/c1-8-7-12(21-15(18-8)19-9-5-6-9)14(22)20-11-4-2-3-10(16)13(11)17/h2-4,7,9H,5-6H2,1H3,(H,20,22)(H,18,19,21). The molecule has 1 saturated carbocycles. The highest BCUT2D eigenvalue weighted by Crippen LogP contribution is 2.30. The average Bonchev–Trinajstić information content (AvgIpc) is 3.27. The van der Waals surface area contributed by atoms with E-state index in [9.17, 15) is 4.79 Å². The van der Waals surface area contributed by atoms with Gasteiger partial charge in [0.15, 0.2) is 0 Å². The number of anilines is 2. The van der Waals surface area contributed by atoms with Crippen molar-refractivity contribution < 1.29 is 4.79 Å². The van der Waals surface area contributed by atoms with Crippen molar-refractivity contribution in [3.63, 3.8) is 0 Å². The molecule has 1 heterocycles. The maximum atomic E-state index is 12.4. The molecule has 114 valence electrons. The van der Waals surface area contributed by atoms with E-state index in [0.717, 1.165) is 18.5 Å². The number of aromatic nitrogens is 2. The van der Waals surface area contributed by atoms with Gasteiger partial charge in [-0.1, -0.05) is 29.3 Å². The molecule has 1 aromatic carbocycles. The van der Waals surface area contributed by atoms with Crippen molar-refractivity contribution in [3.8, 4) is 0 Å². The maximum absolute atomic E-state index is 12.4. The highest BCUT2D eigenvalue weighted by atomic mass is 35.5. The summed E-state index contributed by atoms with van der Waals surface area (Å²) in [5.74, 6) is 0.123. The fourth-order valence-electron chi connectivity index (χ4n) is 1.95. The molecule has 0 spiro atoms. The third-order valence-electron chi connectivity index (χ3n) is 3.20. The first-order valence-corrected chi connectivity index (χ1v) is 7.66. The molecule has 2 N–H and O–H groups in total. The van der Waals surface area contributed by atoms with Gasteiger partial charge in [-0.05, 0) is 38.0 Å². The van der Waals surface area contributed by atoms with E-state index in [1.807, 2.05) is 6.92 Å². The van der Waals surface area contributed by atoms with Gasteiger partial charge in [0, 0.05) is 11.7 Å². The van der Waals surface area contributed by atoms with E-state index in [2.05, 4.69) is 20.6 Å². The van der Waals surface area contributed by atoms with E-state index in [1.54, 1.807) is 24.3 Å². The second kappa shape index (κ2) is 6.10. The molecular formula is C15H14Cl2N4O. The number of hydrogen-bond acceptors (Lipinski definition) is 4. The van der Waals surface area contributed by atoms with Crippen molar-refractivity contribution in [3.05, 3.63) is 45.7 Å². The molecule has 7 heteroatoms. The quantitative estimate of drug-likeness (QED) is 0.887. The van der Waals surface area contributed by atoms with Crippen molar-refractivity contribution in [2.24, 2.45) is 0 Å². The van der Waals surface area contributed by atoms with Gasteiger partial charge in [-0.25, -0.2) is 9.97 Å². The van der Waals surface area contributed by atoms with Gasteiger partial charge in [-0.15, -0.1) is 0 Å². The lowest BCUT2D eigenvalue weighted by Crippen LogP contribution is -2.16. The summed E-state index contributed by atoms with van der Waals surface area (Å²) in [7, 11) is 0. The van der Waals surface area contributed by atoms with E-state index in [1.165, 1.54) is 0 Å². The SMILES string of the molecule is Cc1cc(C(=O)Nc2cccc(Cl)c2Cl)nc(NC2CC2)n1. The van der Waals surface area contributed by atoms with Gasteiger partial charge in [-0.2, -0.15) is 0 Å². The van der Waals surface area contributed by atoms with Crippen LogP contribution in [0.5, 0.6) is 0 Å². The van der Waals surface area contributed by atoms with Crippen LogP contribution < -0.4 is 10.6 Å².